The van der Waals surface area contributed by atoms with E-state index in [1.165, 1.54) is 0 Å². The second-order valence-electron chi connectivity index (χ2n) is 9.21. The highest BCUT2D eigenvalue weighted by Crippen LogP contribution is 2.43. The maximum Gasteiger partial charge on any atom is 0.226 e. The molecule has 4 aromatic rings. The summed E-state index contributed by atoms with van der Waals surface area (Å²) in [6.45, 7) is 0.413. The summed E-state index contributed by atoms with van der Waals surface area (Å²) < 4.78 is 13.5. The maximum atomic E-state index is 13.2. The zero-order valence-electron chi connectivity index (χ0n) is 20.6. The van der Waals surface area contributed by atoms with Crippen molar-refractivity contribution in [2.75, 3.05) is 12.4 Å². The van der Waals surface area contributed by atoms with Crippen molar-refractivity contribution in [2.24, 2.45) is 0 Å². The number of benzene rings is 3. The molecule has 1 atom stereocenters. The lowest BCUT2D eigenvalue weighted by molar-refractivity contribution is -0.116. The lowest BCUT2D eigenvalue weighted by atomic mass is 9.85. The van der Waals surface area contributed by atoms with Crippen molar-refractivity contribution in [3.05, 3.63) is 99.2 Å². The van der Waals surface area contributed by atoms with E-state index in [1.807, 2.05) is 48.5 Å². The average molecular weight is 547 g/mol. The number of fused-ring (bicyclic) bond motifs is 1. The third-order valence-electron chi connectivity index (χ3n) is 6.78. The Hall–Kier alpha value is -3.81. The van der Waals surface area contributed by atoms with E-state index < -0.39 is 6.04 Å². The highest BCUT2D eigenvalue weighted by Gasteiger charge is 2.37. The van der Waals surface area contributed by atoms with Crippen LogP contribution in [0.25, 0.3) is 11.4 Å². The molecule has 0 saturated heterocycles. The number of nitrogens with one attached hydrogen (secondary N) is 1. The number of carbonyl (C=O) groups excluding carboxylic acids is 1. The molecule has 1 unspecified atom stereocenters. The van der Waals surface area contributed by atoms with E-state index >= 15 is 0 Å². The highest BCUT2D eigenvalue weighted by atomic mass is 35.5. The normalized spacial score (nSPS) is 16.5. The number of methoxy groups -OCH3 is 1. The lowest BCUT2D eigenvalue weighted by Crippen LogP contribution is -2.31. The Morgan fingerprint density at radius 2 is 1.87 bits per heavy atom. The van der Waals surface area contributed by atoms with Crippen molar-refractivity contribution in [1.29, 1.82) is 0 Å². The van der Waals surface area contributed by atoms with Gasteiger partial charge in [0.05, 0.1) is 12.1 Å². The molecule has 0 bridgehead atoms. The Bertz CT molecular complexity index is 1570. The third-order valence-corrected chi connectivity index (χ3v) is 7.33. The van der Waals surface area contributed by atoms with Crippen LogP contribution in [-0.2, 0) is 11.4 Å². The minimum absolute atomic E-state index is 0.0966. The number of hydrogen-bond acceptors (Lipinski definition) is 6. The molecule has 1 N–H and O–H groups in total. The van der Waals surface area contributed by atoms with E-state index in [4.69, 9.17) is 42.8 Å². The summed E-state index contributed by atoms with van der Waals surface area (Å²) in [4.78, 5) is 18.0. The van der Waals surface area contributed by atoms with Crippen LogP contribution in [0.2, 0.25) is 10.0 Å². The molecule has 1 aliphatic heterocycles. The van der Waals surface area contributed by atoms with Gasteiger partial charge in [-0.25, -0.2) is 4.68 Å². The van der Waals surface area contributed by atoms with Crippen LogP contribution >= 0.6 is 23.2 Å². The molecule has 0 amide bonds. The van der Waals surface area contributed by atoms with Gasteiger partial charge in [0.1, 0.15) is 12.6 Å². The van der Waals surface area contributed by atoms with Crippen molar-refractivity contribution < 1.29 is 14.3 Å². The van der Waals surface area contributed by atoms with Gasteiger partial charge in [0.2, 0.25) is 5.95 Å². The van der Waals surface area contributed by atoms with Crippen molar-refractivity contribution in [1.82, 2.24) is 14.8 Å². The number of ether oxygens (including phenoxy) is 2. The summed E-state index contributed by atoms with van der Waals surface area (Å²) in [6, 6.07) is 20.4. The summed E-state index contributed by atoms with van der Waals surface area (Å²) in [5.74, 6) is 2.28. The van der Waals surface area contributed by atoms with Gasteiger partial charge in [-0.05, 0) is 54.3 Å². The molecule has 1 aliphatic carbocycles. The monoisotopic (exact) mass is 546 g/mol. The quantitative estimate of drug-likeness (QED) is 0.284. The van der Waals surface area contributed by atoms with E-state index in [0.717, 1.165) is 29.7 Å². The number of carbonyl (C=O) groups is 1. The van der Waals surface area contributed by atoms with Crippen molar-refractivity contribution in [3.63, 3.8) is 0 Å². The Morgan fingerprint density at radius 1 is 1.03 bits per heavy atom. The van der Waals surface area contributed by atoms with Crippen LogP contribution in [0.4, 0.5) is 5.95 Å². The highest BCUT2D eigenvalue weighted by molar-refractivity contribution is 6.36. The number of anilines is 1. The van der Waals surface area contributed by atoms with E-state index in [2.05, 4.69) is 5.32 Å². The maximum absolute atomic E-state index is 13.2. The smallest absolute Gasteiger partial charge is 0.226 e. The summed E-state index contributed by atoms with van der Waals surface area (Å²) in [5, 5.41) is 9.14. The predicted octanol–water partition coefficient (Wildman–Crippen LogP) is 6.86. The Kier molecular flexibility index (Phi) is 6.55. The fraction of sp³-hybridized carbons (Fsp3) is 0.207. The molecule has 3 aromatic carbocycles. The second-order valence-corrected chi connectivity index (χ2v) is 10.1. The van der Waals surface area contributed by atoms with Crippen LogP contribution in [0.1, 0.15) is 36.4 Å². The number of rotatable bonds is 6. The van der Waals surface area contributed by atoms with Crippen LogP contribution < -0.4 is 14.8 Å². The first-order chi connectivity index (χ1) is 18.5. The zero-order chi connectivity index (χ0) is 26.2. The SMILES string of the molecule is COc1cc(C2C3=C(CCCC3=O)Nc3nc(-c4ccc(Cl)cc4Cl)nn32)ccc1OCc1ccccc1. The molecular formula is C29H24Cl2N4O3. The Balaban J connectivity index is 1.41. The Labute approximate surface area is 230 Å². The predicted molar refractivity (Wildman–Crippen MR) is 147 cm³/mol. The molecule has 2 aliphatic rings. The van der Waals surface area contributed by atoms with Gasteiger partial charge in [-0.15, -0.1) is 5.10 Å². The van der Waals surface area contributed by atoms with Gasteiger partial charge in [0.25, 0.3) is 0 Å². The minimum atomic E-state index is -0.474. The van der Waals surface area contributed by atoms with E-state index in [0.29, 0.717) is 57.5 Å². The molecule has 6 rings (SSSR count). The molecule has 9 heteroatoms. The molecule has 38 heavy (non-hydrogen) atoms. The molecule has 0 radical (unpaired) electrons. The summed E-state index contributed by atoms with van der Waals surface area (Å²) in [6.07, 6.45) is 2.04. The van der Waals surface area contributed by atoms with Gasteiger partial charge in [-0.1, -0.05) is 59.6 Å². The largest absolute Gasteiger partial charge is 0.493 e. The topological polar surface area (TPSA) is 78.3 Å². The van der Waals surface area contributed by atoms with Crippen molar-refractivity contribution in [2.45, 2.75) is 31.9 Å². The van der Waals surface area contributed by atoms with Crippen molar-refractivity contribution >= 4 is 34.9 Å². The van der Waals surface area contributed by atoms with E-state index in [-0.39, 0.29) is 5.78 Å². The second kappa shape index (κ2) is 10.2. The number of aromatic nitrogens is 3. The standard InChI is InChI=1S/C29H24Cl2N4O3/c1-37-25-14-18(10-13-24(25)38-16-17-6-3-2-4-7-17)27-26-22(8-5-9-23(26)36)32-29-33-28(34-35(27)29)20-12-11-19(30)15-21(20)31/h2-4,6-7,10-15,27H,5,8-9,16H2,1H3,(H,32,33,34). The summed E-state index contributed by atoms with van der Waals surface area (Å²) >= 11 is 12.6. The molecule has 7 nitrogen and oxygen atoms in total. The first kappa shape index (κ1) is 24.5. The van der Waals surface area contributed by atoms with Gasteiger partial charge >= 0.3 is 0 Å². The molecule has 2 heterocycles. The van der Waals surface area contributed by atoms with Gasteiger partial charge in [0.15, 0.2) is 23.1 Å². The fourth-order valence-electron chi connectivity index (χ4n) is 4.96. The number of hydrogen-bond donors (Lipinski definition) is 1. The third kappa shape index (κ3) is 4.52. The van der Waals surface area contributed by atoms with Crippen LogP contribution in [-0.4, -0.2) is 27.7 Å². The number of Topliss-reactive ketones (excluding diaryl/α,β-unsaturated/α-hetero) is 1. The van der Waals surface area contributed by atoms with E-state index in [9.17, 15) is 4.79 Å². The number of allylic oxidation sites excluding steroid dienone is 2. The lowest BCUT2D eigenvalue weighted by Gasteiger charge is -2.32. The summed E-state index contributed by atoms with van der Waals surface area (Å²) in [5.41, 5.74) is 4.13. The molecule has 0 fully saturated rings. The fourth-order valence-corrected chi connectivity index (χ4v) is 5.45. The van der Waals surface area contributed by atoms with Crippen molar-refractivity contribution in [3.8, 4) is 22.9 Å². The van der Waals surface area contributed by atoms with Crippen LogP contribution in [0, 0.1) is 0 Å². The van der Waals surface area contributed by atoms with Crippen LogP contribution in [0.15, 0.2) is 78.0 Å². The number of nitrogens with zero attached hydrogens (tertiary/aromatic N) is 3. The molecule has 1 aromatic heterocycles. The first-order valence-corrected chi connectivity index (χ1v) is 13.1. The van der Waals surface area contributed by atoms with E-state index in [1.54, 1.807) is 30.0 Å². The molecule has 0 saturated carbocycles. The van der Waals surface area contributed by atoms with Gasteiger partial charge in [-0.2, -0.15) is 4.98 Å². The molecule has 192 valence electrons. The van der Waals surface area contributed by atoms with Gasteiger partial charge in [-0.3, -0.25) is 4.79 Å². The van der Waals surface area contributed by atoms with Crippen LogP contribution in [0.5, 0.6) is 11.5 Å². The number of ketones is 1. The Morgan fingerprint density at radius 3 is 2.66 bits per heavy atom. The molecular weight excluding hydrogens is 523 g/mol. The molecule has 0 spiro atoms. The van der Waals surface area contributed by atoms with Gasteiger partial charge < -0.3 is 14.8 Å². The van der Waals surface area contributed by atoms with Crippen LogP contribution in [0.3, 0.4) is 0 Å². The summed E-state index contributed by atoms with van der Waals surface area (Å²) in [7, 11) is 1.61. The zero-order valence-corrected chi connectivity index (χ0v) is 22.1. The number of halogens is 2. The first-order valence-electron chi connectivity index (χ1n) is 12.3. The minimum Gasteiger partial charge on any atom is -0.493 e. The van der Waals surface area contributed by atoms with Gasteiger partial charge in [0, 0.05) is 28.3 Å². The average Bonchev–Trinajstić information content (AvgIpc) is 3.34.